The Morgan fingerprint density at radius 2 is 1.72 bits per heavy atom. The summed E-state index contributed by atoms with van der Waals surface area (Å²) in [6, 6.07) is 4.39. The van der Waals surface area contributed by atoms with Gasteiger partial charge in [-0.15, -0.1) is 0 Å². The van der Waals surface area contributed by atoms with E-state index >= 15 is 0 Å². The molecule has 4 N–H and O–H groups in total. The van der Waals surface area contributed by atoms with Crippen molar-refractivity contribution in [3.63, 3.8) is 0 Å². The predicted octanol–water partition coefficient (Wildman–Crippen LogP) is 1.71. The summed E-state index contributed by atoms with van der Waals surface area (Å²) in [6.07, 6.45) is 4.39. The fourth-order valence-electron chi connectivity index (χ4n) is 4.40. The molecule has 0 radical (unpaired) electrons. The normalized spacial score (nSPS) is 16.9. The number of benzene rings is 1. The Kier molecular flexibility index (Phi) is 9.54. The fourth-order valence-corrected chi connectivity index (χ4v) is 4.40. The van der Waals surface area contributed by atoms with Gasteiger partial charge in [0.25, 0.3) is 5.91 Å². The number of aliphatic carboxylic acids is 1. The Balaban J connectivity index is 1.38. The topological polar surface area (TPSA) is 162 Å². The number of amides is 5. The molecule has 5 amide bonds. The number of nitrogens with zero attached hydrogens (tertiary/aromatic N) is 1. The zero-order valence-corrected chi connectivity index (χ0v) is 20.1. The number of unbranched alkanes of at least 4 members (excludes halogenated alkanes) is 3. The van der Waals surface area contributed by atoms with E-state index in [-0.39, 0.29) is 55.9 Å². The van der Waals surface area contributed by atoms with Crippen LogP contribution >= 0.6 is 0 Å². The maximum atomic E-state index is 12.9. The summed E-state index contributed by atoms with van der Waals surface area (Å²) in [6.45, 7) is 0.713. The molecule has 3 rings (SSSR count). The number of carboxylic acid groups (broad SMARTS) is 1. The smallest absolute Gasteiger partial charge is 0.303 e. The summed E-state index contributed by atoms with van der Waals surface area (Å²) in [5, 5.41) is 16.5. The number of piperidine rings is 1. The number of anilines is 1. The molecule has 1 aromatic carbocycles. The first-order chi connectivity index (χ1) is 17.3. The van der Waals surface area contributed by atoms with Crippen LogP contribution in [0.3, 0.4) is 0 Å². The average molecular weight is 501 g/mol. The summed E-state index contributed by atoms with van der Waals surface area (Å²) < 4.78 is 0. The number of carbonyl (C=O) groups is 6. The maximum absolute atomic E-state index is 12.9. The third-order valence-electron chi connectivity index (χ3n) is 6.30. The van der Waals surface area contributed by atoms with Crippen LogP contribution in [0.2, 0.25) is 0 Å². The van der Waals surface area contributed by atoms with Gasteiger partial charge in [-0.05, 0) is 37.8 Å². The van der Waals surface area contributed by atoms with Crippen LogP contribution in [0.4, 0.5) is 5.69 Å². The van der Waals surface area contributed by atoms with Gasteiger partial charge in [-0.25, -0.2) is 0 Å². The van der Waals surface area contributed by atoms with E-state index in [0.29, 0.717) is 42.6 Å². The predicted molar refractivity (Wildman–Crippen MR) is 129 cm³/mol. The number of carbonyl (C=O) groups excluding carboxylic acids is 5. The highest BCUT2D eigenvalue weighted by molar-refractivity contribution is 6.06. The molecule has 0 saturated carbocycles. The van der Waals surface area contributed by atoms with Crippen LogP contribution in [0.15, 0.2) is 18.2 Å². The van der Waals surface area contributed by atoms with Crippen LogP contribution in [-0.2, 0) is 30.5 Å². The summed E-state index contributed by atoms with van der Waals surface area (Å²) in [4.78, 5) is 72.5. The molecule has 0 spiro atoms. The molecule has 1 saturated heterocycles. The van der Waals surface area contributed by atoms with Crippen molar-refractivity contribution < 1.29 is 33.9 Å². The molecule has 0 aromatic heterocycles. The molecule has 1 unspecified atom stereocenters. The summed E-state index contributed by atoms with van der Waals surface area (Å²) in [5.74, 6) is -2.33. The van der Waals surface area contributed by atoms with Crippen molar-refractivity contribution in [2.24, 2.45) is 0 Å². The molecule has 0 bridgehead atoms. The van der Waals surface area contributed by atoms with Crippen molar-refractivity contribution in [1.29, 1.82) is 0 Å². The van der Waals surface area contributed by atoms with Gasteiger partial charge in [0.15, 0.2) is 0 Å². The zero-order valence-electron chi connectivity index (χ0n) is 20.1. The van der Waals surface area contributed by atoms with Crippen LogP contribution in [0.25, 0.3) is 0 Å². The van der Waals surface area contributed by atoms with E-state index < -0.39 is 17.9 Å². The zero-order chi connectivity index (χ0) is 26.1. The maximum Gasteiger partial charge on any atom is 0.303 e. The van der Waals surface area contributed by atoms with E-state index in [2.05, 4.69) is 16.0 Å². The molecule has 2 heterocycles. The number of hydrogen-bond acceptors (Lipinski definition) is 6. The molecule has 11 heteroatoms. The molecular formula is C25H32N4O7. The van der Waals surface area contributed by atoms with E-state index in [1.807, 2.05) is 0 Å². The van der Waals surface area contributed by atoms with E-state index in [1.54, 1.807) is 18.2 Å². The highest BCUT2D eigenvalue weighted by Gasteiger charge is 2.39. The van der Waals surface area contributed by atoms with Crippen LogP contribution in [0.5, 0.6) is 0 Å². The Labute approximate surface area is 209 Å². The summed E-state index contributed by atoms with van der Waals surface area (Å²) in [7, 11) is 0. The molecule has 36 heavy (non-hydrogen) atoms. The van der Waals surface area contributed by atoms with Gasteiger partial charge >= 0.3 is 5.97 Å². The van der Waals surface area contributed by atoms with Crippen LogP contribution in [0, 0.1) is 0 Å². The van der Waals surface area contributed by atoms with Crippen molar-refractivity contribution in [3.8, 4) is 0 Å². The molecule has 2 aliphatic rings. The number of fused-ring (bicyclic) bond motifs is 1. The quantitative estimate of drug-likeness (QED) is 0.237. The Bertz CT molecular complexity index is 1040. The van der Waals surface area contributed by atoms with Gasteiger partial charge in [-0.3, -0.25) is 34.1 Å². The molecule has 2 aliphatic heterocycles. The van der Waals surface area contributed by atoms with Crippen molar-refractivity contribution >= 4 is 41.2 Å². The minimum absolute atomic E-state index is 0.0182. The van der Waals surface area contributed by atoms with Crippen LogP contribution in [0.1, 0.15) is 80.1 Å². The Morgan fingerprint density at radius 3 is 2.47 bits per heavy atom. The van der Waals surface area contributed by atoms with E-state index in [9.17, 15) is 28.8 Å². The van der Waals surface area contributed by atoms with Crippen molar-refractivity contribution in [1.82, 2.24) is 15.5 Å². The summed E-state index contributed by atoms with van der Waals surface area (Å²) >= 11 is 0. The molecule has 1 aromatic rings. The molecule has 1 fully saturated rings. The third-order valence-corrected chi connectivity index (χ3v) is 6.30. The van der Waals surface area contributed by atoms with Gasteiger partial charge in [0, 0.05) is 55.6 Å². The number of rotatable bonds is 13. The number of nitrogens with one attached hydrogen (secondary N) is 3. The van der Waals surface area contributed by atoms with Crippen LogP contribution in [-0.4, -0.2) is 58.1 Å². The lowest BCUT2D eigenvalue weighted by atomic mass is 10.0. The highest BCUT2D eigenvalue weighted by Crippen LogP contribution is 2.32. The Morgan fingerprint density at radius 1 is 0.972 bits per heavy atom. The van der Waals surface area contributed by atoms with Gasteiger partial charge in [0.05, 0.1) is 0 Å². The van der Waals surface area contributed by atoms with Gasteiger partial charge in [-0.1, -0.05) is 18.9 Å². The highest BCUT2D eigenvalue weighted by atomic mass is 16.4. The lowest BCUT2D eigenvalue weighted by molar-refractivity contribution is -0.138. The average Bonchev–Trinajstić information content (AvgIpc) is 3.15. The number of carboxylic acids is 1. The van der Waals surface area contributed by atoms with Gasteiger partial charge in [-0.2, -0.15) is 0 Å². The van der Waals surface area contributed by atoms with Crippen molar-refractivity contribution in [2.45, 2.75) is 76.8 Å². The first-order valence-corrected chi connectivity index (χ1v) is 12.3. The van der Waals surface area contributed by atoms with Crippen molar-refractivity contribution in [3.05, 3.63) is 29.3 Å². The molecule has 11 nitrogen and oxygen atoms in total. The van der Waals surface area contributed by atoms with E-state index in [1.165, 1.54) is 4.90 Å². The van der Waals surface area contributed by atoms with Gasteiger partial charge < -0.3 is 20.6 Å². The lowest BCUT2D eigenvalue weighted by Gasteiger charge is -2.29. The first-order valence-electron chi connectivity index (χ1n) is 12.3. The first kappa shape index (κ1) is 26.8. The second-order valence-electron chi connectivity index (χ2n) is 9.04. The standard InChI is InChI=1S/C25H32N4O7/c30-20(10-6-11-23(33)34)26-14-4-2-1-3-9-21(31)27-18-8-5-7-16-17(18)15-29(25(16)36)19-12-13-22(32)28-24(19)35/h5,7-8,19H,1-4,6,9-15H2,(H,26,30)(H,27,31)(H,33,34)(H,28,32,35). The van der Waals surface area contributed by atoms with Crippen molar-refractivity contribution in [2.75, 3.05) is 11.9 Å². The summed E-state index contributed by atoms with van der Waals surface area (Å²) in [5.41, 5.74) is 1.66. The lowest BCUT2D eigenvalue weighted by Crippen LogP contribution is -2.52. The monoisotopic (exact) mass is 500 g/mol. The van der Waals surface area contributed by atoms with E-state index in [0.717, 1.165) is 19.3 Å². The number of hydrogen-bond donors (Lipinski definition) is 4. The van der Waals surface area contributed by atoms with Crippen LogP contribution < -0.4 is 16.0 Å². The molecule has 1 atom stereocenters. The molecule has 194 valence electrons. The minimum Gasteiger partial charge on any atom is -0.481 e. The Hall–Kier alpha value is -3.76. The van der Waals surface area contributed by atoms with Gasteiger partial charge in [0.2, 0.25) is 23.6 Å². The third kappa shape index (κ3) is 7.37. The second kappa shape index (κ2) is 12.8. The minimum atomic E-state index is -0.911. The largest absolute Gasteiger partial charge is 0.481 e. The van der Waals surface area contributed by atoms with Gasteiger partial charge in [0.1, 0.15) is 6.04 Å². The SMILES string of the molecule is O=C(O)CCCC(=O)NCCCCCCC(=O)Nc1cccc2c1CN(C1CCC(=O)NC1=O)C2=O. The molecular weight excluding hydrogens is 468 g/mol. The molecule has 0 aliphatic carbocycles. The number of imide groups is 1. The van der Waals surface area contributed by atoms with E-state index in [4.69, 9.17) is 5.11 Å². The fraction of sp³-hybridized carbons (Fsp3) is 0.520. The second-order valence-corrected chi connectivity index (χ2v) is 9.04.